The van der Waals surface area contributed by atoms with Gasteiger partial charge in [0.25, 0.3) is 0 Å². The van der Waals surface area contributed by atoms with Gasteiger partial charge in [0, 0.05) is 18.9 Å². The Balaban J connectivity index is 4.19. The van der Waals surface area contributed by atoms with Crippen LogP contribution in [0.3, 0.4) is 0 Å². The molecule has 12 heavy (non-hydrogen) atoms. The third kappa shape index (κ3) is 3.17. The van der Waals surface area contributed by atoms with Crippen molar-refractivity contribution >= 4 is 29.2 Å². The van der Waals surface area contributed by atoms with Crippen LogP contribution in [0.4, 0.5) is 0 Å². The smallest absolute Gasteiger partial charge is 0.312 e. The van der Waals surface area contributed by atoms with Crippen molar-refractivity contribution in [2.75, 3.05) is 26.0 Å². The van der Waals surface area contributed by atoms with E-state index in [1.165, 1.54) is 14.2 Å². The van der Waals surface area contributed by atoms with E-state index in [1.807, 2.05) is 0 Å². The molecular weight excluding hydrogens is 203 g/mol. The maximum atomic E-state index is 11.1. The zero-order valence-corrected chi connectivity index (χ0v) is 8.56. The molecule has 0 saturated carbocycles. The van der Waals surface area contributed by atoms with Crippen molar-refractivity contribution in [3.8, 4) is 0 Å². The minimum absolute atomic E-state index is 0.151. The number of methoxy groups -OCH3 is 2. The fraction of sp³-hybridized carbons (Fsp3) is 0.857. The summed E-state index contributed by atoms with van der Waals surface area (Å²) in [4.78, 5) is 11.1. The van der Waals surface area contributed by atoms with Crippen LogP contribution in [0.25, 0.3) is 0 Å². The molecule has 0 amide bonds. The molecule has 0 aliphatic carbocycles. The van der Waals surface area contributed by atoms with Gasteiger partial charge in [-0.3, -0.25) is 4.79 Å². The van der Waals surface area contributed by atoms with Crippen LogP contribution in [0.1, 0.15) is 0 Å². The quantitative estimate of drug-likeness (QED) is 0.511. The van der Waals surface area contributed by atoms with Gasteiger partial charge in [-0.05, 0) is 0 Å². The van der Waals surface area contributed by atoms with Crippen LogP contribution in [0.5, 0.6) is 0 Å². The first kappa shape index (κ1) is 12.0. The third-order valence-electron chi connectivity index (χ3n) is 1.57. The van der Waals surface area contributed by atoms with Crippen molar-refractivity contribution < 1.29 is 14.3 Å². The standard InChI is InChI=1S/C7H12Cl2O3/c1-11-6(4-9)5(3-8)7(10)12-2/h5-6H,3-4H2,1-2H3. The Morgan fingerprint density at radius 2 is 1.92 bits per heavy atom. The van der Waals surface area contributed by atoms with Crippen LogP contribution in [-0.2, 0) is 14.3 Å². The van der Waals surface area contributed by atoms with Crippen LogP contribution in [0.15, 0.2) is 0 Å². The van der Waals surface area contributed by atoms with Crippen molar-refractivity contribution in [2.24, 2.45) is 5.92 Å². The van der Waals surface area contributed by atoms with Gasteiger partial charge in [-0.2, -0.15) is 0 Å². The van der Waals surface area contributed by atoms with Crippen molar-refractivity contribution in [3.05, 3.63) is 0 Å². The minimum Gasteiger partial charge on any atom is -0.469 e. The molecule has 72 valence electrons. The summed E-state index contributed by atoms with van der Waals surface area (Å²) in [6.07, 6.45) is -0.378. The molecule has 0 aliphatic rings. The number of hydrogen-bond donors (Lipinski definition) is 0. The number of rotatable bonds is 5. The van der Waals surface area contributed by atoms with E-state index in [0.717, 1.165) is 0 Å². The Bertz CT molecular complexity index is 137. The summed E-state index contributed by atoms with van der Waals surface area (Å²) in [5.74, 6) is -0.502. The number of carbonyl (C=O) groups excluding carboxylic acids is 1. The normalized spacial score (nSPS) is 15.3. The molecule has 3 nitrogen and oxygen atoms in total. The molecule has 0 saturated heterocycles. The largest absolute Gasteiger partial charge is 0.469 e. The van der Waals surface area contributed by atoms with E-state index in [9.17, 15) is 4.79 Å². The number of esters is 1. The number of alkyl halides is 2. The maximum Gasteiger partial charge on any atom is 0.312 e. The van der Waals surface area contributed by atoms with Crippen molar-refractivity contribution in [2.45, 2.75) is 6.10 Å². The monoisotopic (exact) mass is 214 g/mol. The van der Waals surface area contributed by atoms with Gasteiger partial charge in [-0.25, -0.2) is 0 Å². The average molecular weight is 215 g/mol. The Kier molecular flexibility index (Phi) is 6.52. The molecule has 0 aromatic carbocycles. The van der Waals surface area contributed by atoms with Crippen LogP contribution in [-0.4, -0.2) is 38.1 Å². The lowest BCUT2D eigenvalue weighted by Gasteiger charge is -2.19. The van der Waals surface area contributed by atoms with E-state index < -0.39 is 11.9 Å². The zero-order chi connectivity index (χ0) is 9.56. The van der Waals surface area contributed by atoms with Gasteiger partial charge in [0.05, 0.1) is 19.1 Å². The second-order valence-corrected chi connectivity index (χ2v) is 2.83. The molecular formula is C7H12Cl2O3. The Labute approximate surface area is 81.9 Å². The summed E-state index contributed by atoms with van der Waals surface area (Å²) < 4.78 is 9.48. The number of ether oxygens (including phenoxy) is 2. The molecule has 0 bridgehead atoms. The molecule has 0 aromatic heterocycles. The van der Waals surface area contributed by atoms with E-state index in [-0.39, 0.29) is 17.9 Å². The van der Waals surface area contributed by atoms with Crippen LogP contribution >= 0.6 is 23.2 Å². The minimum atomic E-state index is -0.487. The molecule has 0 rings (SSSR count). The zero-order valence-electron chi connectivity index (χ0n) is 7.05. The van der Waals surface area contributed by atoms with Gasteiger partial charge in [-0.1, -0.05) is 0 Å². The van der Waals surface area contributed by atoms with E-state index in [1.54, 1.807) is 0 Å². The first-order valence-corrected chi connectivity index (χ1v) is 4.50. The summed E-state index contributed by atoms with van der Waals surface area (Å²) >= 11 is 11.1. The van der Waals surface area contributed by atoms with Gasteiger partial charge in [0.2, 0.25) is 0 Å². The summed E-state index contributed by atoms with van der Waals surface area (Å²) in [6, 6.07) is 0. The Hall–Kier alpha value is 0.01000. The van der Waals surface area contributed by atoms with Crippen molar-refractivity contribution in [1.29, 1.82) is 0 Å². The van der Waals surface area contributed by atoms with Gasteiger partial charge in [-0.15, -0.1) is 23.2 Å². The first-order valence-electron chi connectivity index (χ1n) is 3.43. The first-order chi connectivity index (χ1) is 5.71. The fourth-order valence-corrected chi connectivity index (χ4v) is 1.47. The highest BCUT2D eigenvalue weighted by atomic mass is 35.5. The molecule has 0 aliphatic heterocycles. The highest BCUT2D eigenvalue weighted by Crippen LogP contribution is 2.12. The average Bonchev–Trinajstić information content (AvgIpc) is 2.12. The highest BCUT2D eigenvalue weighted by Gasteiger charge is 2.27. The third-order valence-corrected chi connectivity index (χ3v) is 2.21. The molecule has 0 N–H and O–H groups in total. The summed E-state index contributed by atoms with van der Waals surface area (Å²) in [5.41, 5.74) is 0. The summed E-state index contributed by atoms with van der Waals surface area (Å²) in [6.45, 7) is 0. The fourth-order valence-electron chi connectivity index (χ4n) is 0.800. The van der Waals surface area contributed by atoms with E-state index >= 15 is 0 Å². The van der Waals surface area contributed by atoms with Crippen molar-refractivity contribution in [3.63, 3.8) is 0 Å². The summed E-state index contributed by atoms with van der Waals surface area (Å²) in [5, 5.41) is 0. The lowest BCUT2D eigenvalue weighted by molar-refractivity contribution is -0.148. The topological polar surface area (TPSA) is 35.5 Å². The van der Waals surface area contributed by atoms with E-state index in [0.29, 0.717) is 0 Å². The molecule has 0 fully saturated rings. The predicted octanol–water partition coefficient (Wildman–Crippen LogP) is 1.27. The summed E-state index contributed by atoms with van der Waals surface area (Å²) in [7, 11) is 2.79. The maximum absolute atomic E-state index is 11.1. The van der Waals surface area contributed by atoms with Gasteiger partial charge in [0.15, 0.2) is 0 Å². The number of hydrogen-bond acceptors (Lipinski definition) is 3. The lowest BCUT2D eigenvalue weighted by Crippen LogP contribution is -2.33. The van der Waals surface area contributed by atoms with Gasteiger partial charge >= 0.3 is 5.97 Å². The van der Waals surface area contributed by atoms with Gasteiger partial charge < -0.3 is 9.47 Å². The number of halogens is 2. The molecule has 0 heterocycles. The molecule has 2 atom stereocenters. The molecule has 2 unspecified atom stereocenters. The van der Waals surface area contributed by atoms with E-state index in [4.69, 9.17) is 27.9 Å². The Morgan fingerprint density at radius 1 is 1.33 bits per heavy atom. The Morgan fingerprint density at radius 3 is 2.17 bits per heavy atom. The van der Waals surface area contributed by atoms with Crippen molar-refractivity contribution in [1.82, 2.24) is 0 Å². The van der Waals surface area contributed by atoms with Crippen LogP contribution in [0, 0.1) is 5.92 Å². The SMILES string of the molecule is COC(=O)C(CCl)C(CCl)OC. The molecule has 0 aromatic rings. The molecule has 0 spiro atoms. The van der Waals surface area contributed by atoms with Gasteiger partial charge in [0.1, 0.15) is 0 Å². The molecule has 5 heteroatoms. The predicted molar refractivity (Wildman–Crippen MR) is 47.7 cm³/mol. The lowest BCUT2D eigenvalue weighted by atomic mass is 10.1. The van der Waals surface area contributed by atoms with E-state index in [2.05, 4.69) is 4.74 Å². The van der Waals surface area contributed by atoms with Crippen LogP contribution < -0.4 is 0 Å². The second kappa shape index (κ2) is 6.52. The second-order valence-electron chi connectivity index (χ2n) is 2.21. The van der Waals surface area contributed by atoms with Crippen LogP contribution in [0.2, 0.25) is 0 Å². The number of carbonyl (C=O) groups is 1. The highest BCUT2D eigenvalue weighted by molar-refractivity contribution is 6.20. The molecule has 0 radical (unpaired) electrons.